The van der Waals surface area contributed by atoms with E-state index in [0.29, 0.717) is 24.3 Å². The maximum Gasteiger partial charge on any atom is 0.460 e. The molecule has 0 spiro atoms. The number of allylic oxidation sites excluding steroid dienone is 2. The van der Waals surface area contributed by atoms with Gasteiger partial charge in [-0.3, -0.25) is 0 Å². The molecule has 430 valence electrons. The van der Waals surface area contributed by atoms with Crippen molar-refractivity contribution in [3.05, 3.63) is 84.3 Å². The Morgan fingerprint density at radius 3 is 0.724 bits per heavy atom. The van der Waals surface area contributed by atoms with Gasteiger partial charge in [-0.05, 0) is 48.5 Å². The van der Waals surface area contributed by atoms with Crippen LogP contribution in [0.15, 0.2) is 84.3 Å². The summed E-state index contributed by atoms with van der Waals surface area (Å²) >= 11 is 0. The van der Waals surface area contributed by atoms with Gasteiger partial charge in [0.2, 0.25) is 11.7 Å². The van der Waals surface area contributed by atoms with Gasteiger partial charge in [-0.25, -0.2) is 0 Å². The number of alkyl halides is 30. The van der Waals surface area contributed by atoms with E-state index in [1.54, 1.807) is 0 Å². The number of ether oxygens (including phenoxy) is 4. The number of nitrogen functional groups attached to an aromatic ring is 2. The summed E-state index contributed by atoms with van der Waals surface area (Å²) in [4.78, 5) is 0. The molecule has 0 aromatic heterocycles. The van der Waals surface area contributed by atoms with Crippen molar-refractivity contribution in [2.24, 2.45) is 0 Å². The fourth-order valence-electron chi connectivity index (χ4n) is 4.95. The van der Waals surface area contributed by atoms with Gasteiger partial charge in [0.25, 0.3) is 0 Å². The average molecular weight is 1180 g/mol. The van der Waals surface area contributed by atoms with E-state index in [9.17, 15) is 149 Å². The van der Waals surface area contributed by atoms with Crippen LogP contribution in [0, 0.1) is 0 Å². The van der Waals surface area contributed by atoms with Crippen LogP contribution in [0.3, 0.4) is 0 Å². The second-order valence-corrected chi connectivity index (χ2v) is 14.3. The van der Waals surface area contributed by atoms with Crippen molar-refractivity contribution in [3.63, 3.8) is 0 Å². The number of hydrogen-bond donors (Lipinski definition) is 2. The number of benzene rings is 3. The highest BCUT2D eigenvalue weighted by atomic mass is 19.4. The summed E-state index contributed by atoms with van der Waals surface area (Å²) in [6.07, 6.45) is -15.9. The third-order valence-corrected chi connectivity index (χ3v) is 9.21. The highest BCUT2D eigenvalue weighted by Gasteiger charge is 2.95. The second-order valence-electron chi connectivity index (χ2n) is 14.3. The van der Waals surface area contributed by atoms with Crippen molar-refractivity contribution in [3.8, 4) is 34.5 Å². The van der Waals surface area contributed by atoms with Crippen molar-refractivity contribution in [2.45, 2.75) is 83.4 Å². The molecule has 6 nitrogen and oxygen atoms in total. The number of nitrogens with two attached hydrogens (primary N) is 2. The fraction of sp³-hybridized carbons (Fsp3) is 0.389. The number of hydrogen-bond acceptors (Lipinski definition) is 6. The summed E-state index contributed by atoms with van der Waals surface area (Å²) in [5, 5.41) is 0. The largest absolute Gasteiger partial charge is 0.460 e. The lowest BCUT2D eigenvalue weighted by Gasteiger charge is -2.41. The van der Waals surface area contributed by atoms with Gasteiger partial charge in [0.15, 0.2) is 11.5 Å². The van der Waals surface area contributed by atoms with Gasteiger partial charge in [0, 0.05) is 12.1 Å². The zero-order chi connectivity index (χ0) is 59.8. The maximum atomic E-state index is 14.3. The van der Waals surface area contributed by atoms with Gasteiger partial charge in [-0.15, -0.1) is 0 Å². The predicted molar refractivity (Wildman–Crippen MR) is 180 cm³/mol. The number of halogens is 34. The summed E-state index contributed by atoms with van der Waals surface area (Å²) in [5.41, 5.74) is 8.41. The molecule has 40 heteroatoms. The lowest BCUT2D eigenvalue weighted by Crippen LogP contribution is -2.72. The molecule has 0 atom stereocenters. The molecule has 0 unspecified atom stereocenters. The number of rotatable bonds is 20. The molecule has 0 fully saturated rings. The minimum atomic E-state index is -8.84. The van der Waals surface area contributed by atoms with Gasteiger partial charge in [0.05, 0.1) is 11.4 Å². The summed E-state index contributed by atoms with van der Waals surface area (Å²) < 4.78 is 477. The Balaban J connectivity index is 1.79. The Morgan fingerprint density at radius 1 is 0.289 bits per heavy atom. The molecule has 0 radical (unpaired) electrons. The van der Waals surface area contributed by atoms with E-state index in [2.05, 4.69) is 9.47 Å². The van der Waals surface area contributed by atoms with Crippen LogP contribution in [0.25, 0.3) is 0 Å². The molecule has 3 aromatic carbocycles. The first-order valence-corrected chi connectivity index (χ1v) is 17.9. The molecule has 3 rings (SSSR count). The molecule has 0 saturated carbocycles. The smallest absolute Gasteiger partial charge is 0.457 e. The van der Waals surface area contributed by atoms with E-state index in [4.69, 9.17) is 20.9 Å². The first-order valence-electron chi connectivity index (χ1n) is 17.9. The van der Waals surface area contributed by atoms with Crippen LogP contribution in [-0.4, -0.2) is 83.4 Å². The standard InChI is InChI=1S/C36H14F34N2O4/c37-19(23(41,42)25(45,46)27(49,50)29(53,54)31(57,58)33(61,62)35(65,66)67)21(39)75-17-7-5-13(9-15(17)71)73-11-1-2-12(4-3-11)74-14-6-8-18(16(72)10-14)76-22(40)20(38)24(43,44)26(47,48)28(51,52)30(55,56)32(59,60)34(63,64)36(68,69)70/h1-10H,71-72H2. The molecule has 76 heavy (non-hydrogen) atoms. The van der Waals surface area contributed by atoms with Crippen molar-refractivity contribution in [1.29, 1.82) is 0 Å². The van der Waals surface area contributed by atoms with Crippen LogP contribution >= 0.6 is 0 Å². The van der Waals surface area contributed by atoms with E-state index >= 15 is 0 Å². The molecule has 0 aliphatic rings. The van der Waals surface area contributed by atoms with E-state index < -0.39 is 141 Å². The molecule has 3 aromatic rings. The zero-order valence-electron chi connectivity index (χ0n) is 34.4. The first-order chi connectivity index (χ1) is 33.5. The molecular weight excluding hydrogens is 1170 g/mol. The molecule has 0 heterocycles. The van der Waals surface area contributed by atoms with E-state index in [-0.39, 0.29) is 23.6 Å². The SMILES string of the molecule is Nc1cc(Oc2ccc(Oc3ccc(OC(F)=C(F)C(F)(F)C(F)(F)C(F)(F)C(F)(F)C(F)(F)C(F)(F)C(F)(F)F)c(N)c3)cc2)ccc1OC(F)=C(F)C(F)(F)C(F)(F)C(F)(F)C(F)(F)C(F)(F)C(F)(F)C(F)(F)F. The molecule has 0 bridgehead atoms. The van der Waals surface area contributed by atoms with E-state index in [1.807, 2.05) is 0 Å². The average Bonchev–Trinajstić information content (AvgIpc) is 3.26. The summed E-state index contributed by atoms with van der Waals surface area (Å²) in [6.45, 7) is 0. The van der Waals surface area contributed by atoms with Crippen LogP contribution in [0.2, 0.25) is 0 Å². The molecule has 4 N–H and O–H groups in total. The quantitative estimate of drug-likeness (QED) is 0.0666. The summed E-state index contributed by atoms with van der Waals surface area (Å²) in [6, 6.07) is -1.64. The lowest BCUT2D eigenvalue weighted by atomic mass is 9.91. The molecular formula is C36H14F34N2O4. The predicted octanol–water partition coefficient (Wildman–Crippen LogP) is 16.2. The Labute approximate surface area is 393 Å². The zero-order valence-corrected chi connectivity index (χ0v) is 34.4. The van der Waals surface area contributed by atoms with Crippen molar-refractivity contribution >= 4 is 11.4 Å². The Kier molecular flexibility index (Phi) is 16.2. The van der Waals surface area contributed by atoms with Gasteiger partial charge in [0.1, 0.15) is 23.0 Å². The van der Waals surface area contributed by atoms with Crippen LogP contribution in [0.1, 0.15) is 0 Å². The Morgan fingerprint density at radius 2 is 0.500 bits per heavy atom. The second kappa shape index (κ2) is 19.2. The van der Waals surface area contributed by atoms with Crippen molar-refractivity contribution in [2.75, 3.05) is 11.5 Å². The monoisotopic (exact) mass is 1180 g/mol. The van der Waals surface area contributed by atoms with Crippen LogP contribution < -0.4 is 30.4 Å². The molecule has 0 amide bonds. The van der Waals surface area contributed by atoms with Crippen LogP contribution in [0.5, 0.6) is 34.5 Å². The minimum Gasteiger partial charge on any atom is -0.457 e. The van der Waals surface area contributed by atoms with Gasteiger partial charge >= 0.3 is 95.4 Å². The Hall–Kier alpha value is -6.44. The van der Waals surface area contributed by atoms with Gasteiger partial charge in [-0.1, -0.05) is 0 Å². The van der Waals surface area contributed by atoms with Crippen molar-refractivity contribution in [1.82, 2.24) is 0 Å². The van der Waals surface area contributed by atoms with Gasteiger partial charge < -0.3 is 30.4 Å². The summed E-state index contributed by atoms with van der Waals surface area (Å²) in [5.74, 6) is -116. The van der Waals surface area contributed by atoms with E-state index in [1.165, 1.54) is 0 Å². The summed E-state index contributed by atoms with van der Waals surface area (Å²) in [7, 11) is 0. The topological polar surface area (TPSA) is 89.0 Å². The molecule has 0 aliphatic heterocycles. The first kappa shape index (κ1) is 63.8. The fourth-order valence-corrected chi connectivity index (χ4v) is 4.95. The van der Waals surface area contributed by atoms with Crippen LogP contribution in [0.4, 0.5) is 161 Å². The third kappa shape index (κ3) is 9.94. The maximum absolute atomic E-state index is 14.3. The Bertz CT molecular complexity index is 2490. The minimum absolute atomic E-state index is 0.240. The normalized spacial score (nSPS) is 15.5. The van der Waals surface area contributed by atoms with Crippen molar-refractivity contribution < 1.29 is 168 Å². The molecule has 0 aliphatic carbocycles. The third-order valence-electron chi connectivity index (χ3n) is 9.21. The van der Waals surface area contributed by atoms with E-state index in [0.717, 1.165) is 24.3 Å². The number of anilines is 2. The van der Waals surface area contributed by atoms with Gasteiger partial charge in [-0.2, -0.15) is 149 Å². The molecule has 0 saturated heterocycles. The lowest BCUT2D eigenvalue weighted by molar-refractivity contribution is -0.451. The highest BCUT2D eigenvalue weighted by molar-refractivity contribution is 5.58. The highest BCUT2D eigenvalue weighted by Crippen LogP contribution is 2.65. The van der Waals surface area contributed by atoms with Crippen LogP contribution in [-0.2, 0) is 0 Å².